The van der Waals surface area contributed by atoms with Gasteiger partial charge in [0.25, 0.3) is 5.91 Å². The predicted molar refractivity (Wildman–Crippen MR) is 70.9 cm³/mol. The summed E-state index contributed by atoms with van der Waals surface area (Å²) >= 11 is 0. The molecule has 1 heterocycles. The lowest BCUT2D eigenvalue weighted by molar-refractivity contribution is -0.156. The monoisotopic (exact) mass is 267 g/mol. The van der Waals surface area contributed by atoms with Gasteiger partial charge in [0.15, 0.2) is 5.76 Å². The summed E-state index contributed by atoms with van der Waals surface area (Å²) in [5.41, 5.74) is -0.573. The van der Waals surface area contributed by atoms with Gasteiger partial charge >= 0.3 is 5.97 Å². The highest BCUT2D eigenvalue weighted by atomic mass is 16.6. The van der Waals surface area contributed by atoms with E-state index in [2.05, 4.69) is 5.32 Å². The first-order chi connectivity index (χ1) is 8.73. The lowest BCUT2D eigenvalue weighted by Gasteiger charge is -2.22. The molecule has 0 aliphatic carbocycles. The zero-order chi connectivity index (χ0) is 14.6. The van der Waals surface area contributed by atoms with Crippen molar-refractivity contribution in [2.75, 3.05) is 0 Å². The minimum Gasteiger partial charge on any atom is -0.458 e. The summed E-state index contributed by atoms with van der Waals surface area (Å²) in [4.78, 5) is 23.6. The molecule has 0 saturated heterocycles. The Balaban J connectivity index is 2.59. The molecule has 0 spiro atoms. The van der Waals surface area contributed by atoms with E-state index in [0.29, 0.717) is 0 Å². The molecule has 19 heavy (non-hydrogen) atoms. The minimum atomic E-state index is -0.720. The third-order valence-electron chi connectivity index (χ3n) is 2.34. The van der Waals surface area contributed by atoms with E-state index in [1.54, 1.807) is 39.8 Å². The van der Waals surface area contributed by atoms with Gasteiger partial charge in [0.2, 0.25) is 0 Å². The summed E-state index contributed by atoms with van der Waals surface area (Å²) in [6, 6.07) is 2.62. The van der Waals surface area contributed by atoms with Crippen molar-refractivity contribution in [3.63, 3.8) is 0 Å². The number of nitrogens with one attached hydrogen (secondary N) is 1. The minimum absolute atomic E-state index is 0.201. The number of amides is 1. The SMILES string of the molecule is CCc1ccc(C(=O)N[C@H](C)C(=O)OC(C)(C)C)o1. The molecule has 0 bridgehead atoms. The van der Waals surface area contributed by atoms with Crippen LogP contribution in [0.4, 0.5) is 0 Å². The third kappa shape index (κ3) is 4.77. The van der Waals surface area contributed by atoms with Gasteiger partial charge in [0, 0.05) is 6.42 Å². The van der Waals surface area contributed by atoms with Crippen molar-refractivity contribution in [3.8, 4) is 0 Å². The predicted octanol–water partition coefficient (Wildman–Crippen LogP) is 2.30. The second-order valence-corrected chi connectivity index (χ2v) is 5.35. The molecule has 0 aliphatic heterocycles. The fourth-order valence-electron chi connectivity index (χ4n) is 1.41. The number of hydrogen-bond acceptors (Lipinski definition) is 4. The lowest BCUT2D eigenvalue weighted by atomic mass is 10.2. The van der Waals surface area contributed by atoms with Gasteiger partial charge in [-0.2, -0.15) is 0 Å². The van der Waals surface area contributed by atoms with Crippen molar-refractivity contribution >= 4 is 11.9 Å². The average molecular weight is 267 g/mol. The maximum atomic E-state index is 11.8. The summed E-state index contributed by atoms with van der Waals surface area (Å²) in [6.45, 7) is 8.85. The number of carbonyl (C=O) groups is 2. The van der Waals surface area contributed by atoms with Crippen molar-refractivity contribution in [2.24, 2.45) is 0 Å². The summed E-state index contributed by atoms with van der Waals surface area (Å²) in [5.74, 6) is 0.0449. The van der Waals surface area contributed by atoms with E-state index in [1.165, 1.54) is 0 Å². The number of carbonyl (C=O) groups excluding carboxylic acids is 2. The second kappa shape index (κ2) is 5.91. The zero-order valence-electron chi connectivity index (χ0n) is 12.1. The Morgan fingerprint density at radius 2 is 2.00 bits per heavy atom. The van der Waals surface area contributed by atoms with Crippen molar-refractivity contribution in [1.29, 1.82) is 0 Å². The molecular formula is C14H21NO4. The quantitative estimate of drug-likeness (QED) is 0.850. The molecule has 106 valence electrons. The fourth-order valence-corrected chi connectivity index (χ4v) is 1.41. The van der Waals surface area contributed by atoms with Crippen molar-refractivity contribution in [1.82, 2.24) is 5.32 Å². The Labute approximate surface area is 113 Å². The highest BCUT2D eigenvalue weighted by molar-refractivity contribution is 5.94. The van der Waals surface area contributed by atoms with Crippen LogP contribution in [-0.2, 0) is 16.0 Å². The van der Waals surface area contributed by atoms with E-state index >= 15 is 0 Å². The van der Waals surface area contributed by atoms with Crippen LogP contribution in [0.15, 0.2) is 16.5 Å². The molecule has 0 fully saturated rings. The van der Waals surface area contributed by atoms with Gasteiger partial charge in [-0.05, 0) is 39.8 Å². The van der Waals surface area contributed by atoms with Crippen LogP contribution in [-0.4, -0.2) is 23.5 Å². The molecule has 1 aromatic heterocycles. The van der Waals surface area contributed by atoms with Gasteiger partial charge in [-0.3, -0.25) is 4.79 Å². The molecule has 0 aromatic carbocycles. The van der Waals surface area contributed by atoms with Crippen molar-refractivity contribution < 1.29 is 18.7 Å². The molecule has 0 unspecified atom stereocenters. The van der Waals surface area contributed by atoms with E-state index in [9.17, 15) is 9.59 Å². The normalized spacial score (nSPS) is 12.9. The standard InChI is InChI=1S/C14H21NO4/c1-6-10-7-8-11(18-10)12(16)15-9(2)13(17)19-14(3,4)5/h7-9H,6H2,1-5H3,(H,15,16)/t9-/m1/s1. The molecule has 1 N–H and O–H groups in total. The average Bonchev–Trinajstić information content (AvgIpc) is 2.75. The number of rotatable bonds is 4. The van der Waals surface area contributed by atoms with Gasteiger partial charge in [-0.25, -0.2) is 4.79 Å². The first-order valence-electron chi connectivity index (χ1n) is 6.35. The van der Waals surface area contributed by atoms with Crippen LogP contribution >= 0.6 is 0 Å². The summed E-state index contributed by atoms with van der Waals surface area (Å²) in [6.07, 6.45) is 0.717. The van der Waals surface area contributed by atoms with Gasteiger partial charge in [0.1, 0.15) is 17.4 Å². The molecule has 1 aromatic rings. The Morgan fingerprint density at radius 1 is 1.37 bits per heavy atom. The highest BCUT2D eigenvalue weighted by Crippen LogP contribution is 2.10. The first-order valence-corrected chi connectivity index (χ1v) is 6.35. The zero-order valence-corrected chi connectivity index (χ0v) is 12.1. The van der Waals surface area contributed by atoms with Crippen LogP contribution in [0.1, 0.15) is 50.9 Å². The lowest BCUT2D eigenvalue weighted by Crippen LogP contribution is -2.42. The Hall–Kier alpha value is -1.78. The molecule has 5 nitrogen and oxygen atoms in total. The maximum absolute atomic E-state index is 11.8. The van der Waals surface area contributed by atoms with Crippen molar-refractivity contribution in [2.45, 2.75) is 52.7 Å². The van der Waals surface area contributed by atoms with Crippen LogP contribution in [0.5, 0.6) is 0 Å². The Kier molecular flexibility index (Phi) is 4.75. The van der Waals surface area contributed by atoms with E-state index in [1.807, 2.05) is 6.92 Å². The summed E-state index contributed by atoms with van der Waals surface area (Å²) in [7, 11) is 0. The van der Waals surface area contributed by atoms with Crippen LogP contribution in [0, 0.1) is 0 Å². The summed E-state index contributed by atoms with van der Waals surface area (Å²) < 4.78 is 10.5. The molecule has 0 aliphatic rings. The molecule has 0 saturated carbocycles. The third-order valence-corrected chi connectivity index (χ3v) is 2.34. The number of furan rings is 1. The van der Waals surface area contributed by atoms with E-state index in [-0.39, 0.29) is 5.76 Å². The number of esters is 1. The molecule has 1 rings (SSSR count). The number of ether oxygens (including phenoxy) is 1. The van der Waals surface area contributed by atoms with Crippen LogP contribution in [0.2, 0.25) is 0 Å². The van der Waals surface area contributed by atoms with Gasteiger partial charge in [-0.15, -0.1) is 0 Å². The van der Waals surface area contributed by atoms with Gasteiger partial charge in [0.05, 0.1) is 0 Å². The largest absolute Gasteiger partial charge is 0.458 e. The molecule has 1 amide bonds. The fraction of sp³-hybridized carbons (Fsp3) is 0.571. The van der Waals surface area contributed by atoms with E-state index < -0.39 is 23.5 Å². The maximum Gasteiger partial charge on any atom is 0.328 e. The Bertz CT molecular complexity index is 456. The Morgan fingerprint density at radius 3 is 2.47 bits per heavy atom. The van der Waals surface area contributed by atoms with Crippen molar-refractivity contribution in [3.05, 3.63) is 23.7 Å². The van der Waals surface area contributed by atoms with Gasteiger partial charge < -0.3 is 14.5 Å². The summed E-state index contributed by atoms with van der Waals surface area (Å²) in [5, 5.41) is 2.55. The molecule has 0 radical (unpaired) electrons. The van der Waals surface area contributed by atoms with Crippen LogP contribution < -0.4 is 5.32 Å². The first kappa shape index (κ1) is 15.3. The number of hydrogen-bond donors (Lipinski definition) is 1. The van der Waals surface area contributed by atoms with E-state index in [4.69, 9.17) is 9.15 Å². The highest BCUT2D eigenvalue weighted by Gasteiger charge is 2.24. The topological polar surface area (TPSA) is 68.5 Å². The van der Waals surface area contributed by atoms with Crippen LogP contribution in [0.25, 0.3) is 0 Å². The van der Waals surface area contributed by atoms with Gasteiger partial charge in [-0.1, -0.05) is 6.92 Å². The smallest absolute Gasteiger partial charge is 0.328 e. The number of aryl methyl sites for hydroxylation is 1. The van der Waals surface area contributed by atoms with E-state index in [0.717, 1.165) is 12.2 Å². The molecule has 1 atom stereocenters. The molecular weight excluding hydrogens is 246 g/mol. The van der Waals surface area contributed by atoms with Crippen LogP contribution in [0.3, 0.4) is 0 Å². The molecule has 5 heteroatoms. The second-order valence-electron chi connectivity index (χ2n) is 5.35.